The molecule has 1 aromatic heterocycles. The van der Waals surface area contributed by atoms with E-state index in [2.05, 4.69) is 29.6 Å². The van der Waals surface area contributed by atoms with Crippen molar-refractivity contribution in [1.29, 1.82) is 0 Å². The summed E-state index contributed by atoms with van der Waals surface area (Å²) in [5.41, 5.74) is 4.90. The zero-order valence-corrected chi connectivity index (χ0v) is 17.3. The number of aliphatic carboxylic acids is 1. The van der Waals surface area contributed by atoms with E-state index in [1.54, 1.807) is 16.8 Å². The predicted octanol–water partition coefficient (Wildman–Crippen LogP) is 4.72. The summed E-state index contributed by atoms with van der Waals surface area (Å²) >= 11 is 0. The van der Waals surface area contributed by atoms with Crippen LogP contribution in [0, 0.1) is 11.7 Å². The van der Waals surface area contributed by atoms with Crippen LogP contribution < -0.4 is 5.32 Å². The normalized spacial score (nSPS) is 21.6. The van der Waals surface area contributed by atoms with Crippen LogP contribution in [-0.2, 0) is 4.79 Å². The molecule has 0 radical (unpaired) electrons. The summed E-state index contributed by atoms with van der Waals surface area (Å²) in [6.07, 6.45) is 5.39. The van der Waals surface area contributed by atoms with Crippen molar-refractivity contribution < 1.29 is 14.3 Å². The Morgan fingerprint density at radius 3 is 2.39 bits per heavy atom. The third-order valence-corrected chi connectivity index (χ3v) is 6.74. The van der Waals surface area contributed by atoms with Crippen LogP contribution in [0.15, 0.2) is 54.7 Å². The van der Waals surface area contributed by atoms with E-state index in [0.29, 0.717) is 12.3 Å². The molecule has 1 aliphatic heterocycles. The zero-order chi connectivity index (χ0) is 21.4. The lowest BCUT2D eigenvalue weighted by atomic mass is 9.76. The number of aromatic nitrogens is 2. The van der Waals surface area contributed by atoms with Gasteiger partial charge in [-0.25, -0.2) is 9.07 Å². The van der Waals surface area contributed by atoms with Crippen LogP contribution in [0.4, 0.5) is 4.39 Å². The topological polar surface area (TPSA) is 67.1 Å². The van der Waals surface area contributed by atoms with Gasteiger partial charge in [-0.3, -0.25) is 4.79 Å². The Morgan fingerprint density at radius 1 is 1.03 bits per heavy atom. The Morgan fingerprint density at radius 2 is 1.74 bits per heavy atom. The monoisotopic (exact) mass is 419 g/mol. The molecule has 5 rings (SSSR count). The standard InChI is InChI=1S/C25H26FN3O2/c26-19-9-11-20(12-10-19)29-15-23(17-7-5-16(6-8-17)18-13-27-14-18)24(28-29)21-3-1-2-4-22(21)25(30)31/h5-12,15,18,21-22,27H,1-4,13-14H2,(H,30,31). The quantitative estimate of drug-likeness (QED) is 0.628. The number of nitrogens with zero attached hydrogens (tertiary/aromatic N) is 2. The van der Waals surface area contributed by atoms with Crippen LogP contribution in [0.2, 0.25) is 0 Å². The fraction of sp³-hybridized carbons (Fsp3) is 0.360. The highest BCUT2D eigenvalue weighted by Gasteiger charge is 2.35. The van der Waals surface area contributed by atoms with E-state index in [1.807, 2.05) is 6.20 Å². The first-order chi connectivity index (χ1) is 15.1. The van der Waals surface area contributed by atoms with Crippen molar-refractivity contribution in [3.8, 4) is 16.8 Å². The van der Waals surface area contributed by atoms with Crippen molar-refractivity contribution in [1.82, 2.24) is 15.1 Å². The summed E-state index contributed by atoms with van der Waals surface area (Å²) in [5.74, 6) is -1.04. The van der Waals surface area contributed by atoms with Gasteiger partial charge in [0.1, 0.15) is 5.82 Å². The molecule has 3 aromatic rings. The molecule has 1 aliphatic carbocycles. The van der Waals surface area contributed by atoms with Crippen molar-refractivity contribution in [2.45, 2.75) is 37.5 Å². The minimum Gasteiger partial charge on any atom is -0.481 e. The lowest BCUT2D eigenvalue weighted by Crippen LogP contribution is -2.39. The van der Waals surface area contributed by atoms with Gasteiger partial charge < -0.3 is 10.4 Å². The molecule has 2 atom stereocenters. The maximum absolute atomic E-state index is 13.4. The van der Waals surface area contributed by atoms with E-state index in [9.17, 15) is 14.3 Å². The van der Waals surface area contributed by atoms with E-state index in [-0.39, 0.29) is 11.7 Å². The number of benzene rings is 2. The van der Waals surface area contributed by atoms with E-state index in [1.165, 1.54) is 17.7 Å². The molecule has 0 amide bonds. The minimum absolute atomic E-state index is 0.126. The summed E-state index contributed by atoms with van der Waals surface area (Å²) in [5, 5.41) is 18.0. The number of halogens is 1. The number of carbonyl (C=O) groups is 1. The summed E-state index contributed by atoms with van der Waals surface area (Å²) in [4.78, 5) is 12.0. The van der Waals surface area contributed by atoms with E-state index in [4.69, 9.17) is 5.10 Å². The molecule has 31 heavy (non-hydrogen) atoms. The Labute approximate surface area is 180 Å². The maximum atomic E-state index is 13.4. The van der Waals surface area contributed by atoms with Gasteiger partial charge in [-0.05, 0) is 48.2 Å². The van der Waals surface area contributed by atoms with Gasteiger partial charge in [0.2, 0.25) is 0 Å². The number of carboxylic acid groups (broad SMARTS) is 1. The summed E-state index contributed by atoms with van der Waals surface area (Å²) in [7, 11) is 0. The highest BCUT2D eigenvalue weighted by molar-refractivity contribution is 5.74. The Kier molecular flexibility index (Phi) is 5.32. The van der Waals surface area contributed by atoms with Gasteiger partial charge in [0, 0.05) is 36.7 Å². The molecule has 160 valence electrons. The third-order valence-electron chi connectivity index (χ3n) is 6.74. The van der Waals surface area contributed by atoms with E-state index >= 15 is 0 Å². The molecular weight excluding hydrogens is 393 g/mol. The van der Waals surface area contributed by atoms with Crippen molar-refractivity contribution in [3.05, 3.63) is 71.8 Å². The zero-order valence-electron chi connectivity index (χ0n) is 17.3. The summed E-state index contributed by atoms with van der Waals surface area (Å²) in [6, 6.07) is 14.8. The summed E-state index contributed by atoms with van der Waals surface area (Å²) < 4.78 is 15.2. The first-order valence-corrected chi connectivity index (χ1v) is 11.0. The number of hydrogen-bond acceptors (Lipinski definition) is 3. The average molecular weight is 420 g/mol. The van der Waals surface area contributed by atoms with Gasteiger partial charge in [0.15, 0.2) is 0 Å². The highest BCUT2D eigenvalue weighted by atomic mass is 19.1. The molecule has 2 fully saturated rings. The first-order valence-electron chi connectivity index (χ1n) is 11.0. The van der Waals surface area contributed by atoms with Crippen molar-refractivity contribution >= 4 is 5.97 Å². The maximum Gasteiger partial charge on any atom is 0.307 e. The lowest BCUT2D eigenvalue weighted by Gasteiger charge is -2.28. The largest absolute Gasteiger partial charge is 0.481 e. The molecule has 2 aromatic carbocycles. The molecule has 5 nitrogen and oxygen atoms in total. The Balaban J connectivity index is 1.57. The predicted molar refractivity (Wildman–Crippen MR) is 117 cm³/mol. The molecule has 2 unspecified atom stereocenters. The second-order valence-corrected chi connectivity index (χ2v) is 8.66. The third kappa shape index (κ3) is 3.88. The van der Waals surface area contributed by atoms with E-state index in [0.717, 1.165) is 54.9 Å². The molecule has 1 saturated carbocycles. The fourth-order valence-electron chi connectivity index (χ4n) is 4.82. The molecular formula is C25H26FN3O2. The van der Waals surface area contributed by atoms with Crippen LogP contribution in [0.25, 0.3) is 16.8 Å². The Hall–Kier alpha value is -2.99. The minimum atomic E-state index is -0.750. The van der Waals surface area contributed by atoms with E-state index < -0.39 is 11.9 Å². The van der Waals surface area contributed by atoms with Gasteiger partial charge in [-0.15, -0.1) is 0 Å². The lowest BCUT2D eigenvalue weighted by molar-refractivity contribution is -0.143. The van der Waals surface area contributed by atoms with Gasteiger partial charge in [0.25, 0.3) is 0 Å². The second-order valence-electron chi connectivity index (χ2n) is 8.66. The van der Waals surface area contributed by atoms with Crippen molar-refractivity contribution in [2.24, 2.45) is 5.92 Å². The fourth-order valence-corrected chi connectivity index (χ4v) is 4.82. The molecule has 1 saturated heterocycles. The average Bonchev–Trinajstić information content (AvgIpc) is 3.19. The molecule has 2 aliphatic rings. The van der Waals surface area contributed by atoms with Crippen LogP contribution in [0.3, 0.4) is 0 Å². The van der Waals surface area contributed by atoms with Gasteiger partial charge in [-0.1, -0.05) is 37.1 Å². The number of carboxylic acids is 1. The number of rotatable bonds is 5. The van der Waals surface area contributed by atoms with Gasteiger partial charge >= 0.3 is 5.97 Å². The highest BCUT2D eigenvalue weighted by Crippen LogP contribution is 2.42. The van der Waals surface area contributed by atoms with Gasteiger partial charge in [-0.2, -0.15) is 5.10 Å². The number of hydrogen-bond donors (Lipinski definition) is 2. The smallest absolute Gasteiger partial charge is 0.307 e. The first kappa shape index (κ1) is 19.9. The van der Waals surface area contributed by atoms with Crippen LogP contribution in [0.1, 0.15) is 48.8 Å². The molecule has 0 spiro atoms. The summed E-state index contributed by atoms with van der Waals surface area (Å²) in [6.45, 7) is 2.02. The van der Waals surface area contributed by atoms with Crippen LogP contribution in [-0.4, -0.2) is 33.9 Å². The number of nitrogens with one attached hydrogen (secondary N) is 1. The van der Waals surface area contributed by atoms with Crippen LogP contribution >= 0.6 is 0 Å². The van der Waals surface area contributed by atoms with Crippen molar-refractivity contribution in [3.63, 3.8) is 0 Å². The molecule has 6 heteroatoms. The SMILES string of the molecule is O=C(O)C1CCCCC1c1nn(-c2ccc(F)cc2)cc1-c1ccc(C2CNC2)cc1. The Bertz CT molecular complexity index is 1070. The van der Waals surface area contributed by atoms with Gasteiger partial charge in [0.05, 0.1) is 17.3 Å². The second kappa shape index (κ2) is 8.27. The molecule has 2 heterocycles. The molecule has 2 N–H and O–H groups in total. The molecule has 0 bridgehead atoms. The van der Waals surface area contributed by atoms with Crippen molar-refractivity contribution in [2.75, 3.05) is 13.1 Å². The van der Waals surface area contributed by atoms with Crippen LogP contribution in [0.5, 0.6) is 0 Å².